The Morgan fingerprint density at radius 2 is 2.05 bits per heavy atom. The van der Waals surface area contributed by atoms with E-state index >= 15 is 0 Å². The summed E-state index contributed by atoms with van der Waals surface area (Å²) >= 11 is 5.60. The second-order valence-corrected chi connectivity index (χ2v) is 5.40. The molecule has 1 rings (SSSR count). The predicted octanol–water partition coefficient (Wildman–Crippen LogP) is 3.24. The van der Waals surface area contributed by atoms with Crippen LogP contribution in [0.3, 0.4) is 0 Å². The van der Waals surface area contributed by atoms with Crippen molar-refractivity contribution in [3.8, 4) is 0 Å². The van der Waals surface area contributed by atoms with E-state index in [1.54, 1.807) is 6.92 Å². The van der Waals surface area contributed by atoms with Crippen molar-refractivity contribution in [2.24, 2.45) is 18.1 Å². The summed E-state index contributed by atoms with van der Waals surface area (Å²) in [5, 5.41) is 6.57. The van der Waals surface area contributed by atoms with Crippen molar-refractivity contribution in [3.05, 3.63) is 16.4 Å². The predicted molar refractivity (Wildman–Crippen MR) is 73.3 cm³/mol. The van der Waals surface area contributed by atoms with Gasteiger partial charge in [-0.3, -0.25) is 9.48 Å². The average Bonchev–Trinajstić information content (AvgIpc) is 2.60. The highest BCUT2D eigenvalue weighted by Gasteiger charge is 2.39. The van der Waals surface area contributed by atoms with E-state index in [9.17, 15) is 18.0 Å². The summed E-state index contributed by atoms with van der Waals surface area (Å²) in [5.74, 6) is -0.532. The summed E-state index contributed by atoms with van der Waals surface area (Å²) in [6, 6.07) is 0. The van der Waals surface area contributed by atoms with Gasteiger partial charge in [0.25, 0.3) is 5.91 Å². The van der Waals surface area contributed by atoms with Gasteiger partial charge in [-0.25, -0.2) is 5.43 Å². The first kappa shape index (κ1) is 17.5. The molecule has 1 aromatic rings. The van der Waals surface area contributed by atoms with Gasteiger partial charge in [-0.1, -0.05) is 25.4 Å². The van der Waals surface area contributed by atoms with Crippen LogP contribution in [0.15, 0.2) is 5.10 Å². The van der Waals surface area contributed by atoms with Gasteiger partial charge in [-0.05, 0) is 19.3 Å². The van der Waals surface area contributed by atoms with Gasteiger partial charge >= 0.3 is 6.18 Å². The van der Waals surface area contributed by atoms with E-state index in [0.717, 1.165) is 7.05 Å². The van der Waals surface area contributed by atoms with Crippen LogP contribution in [0.2, 0.25) is 5.02 Å². The third kappa shape index (κ3) is 4.45. The molecule has 1 amide bonds. The molecule has 1 aromatic heterocycles. The number of hydrazone groups is 1. The molecular formula is C12H16ClF3N4O. The third-order valence-corrected chi connectivity index (χ3v) is 2.88. The Bertz CT molecular complexity index is 564. The molecule has 0 aliphatic rings. The number of carbonyl (C=O) groups is 1. The zero-order chi connectivity index (χ0) is 16.4. The summed E-state index contributed by atoms with van der Waals surface area (Å²) in [6.07, 6.45) is -4.03. The standard InChI is InChI=1S/C12H16ClF3N4O/c1-6(2)5-7(3)17-18-11(21)9-8(13)10(12(14,15)16)20(4)19-9/h6H,5H2,1-4H3,(H,18,21)/b17-7-. The first-order valence-corrected chi connectivity index (χ1v) is 6.55. The van der Waals surface area contributed by atoms with Crippen molar-refractivity contribution < 1.29 is 18.0 Å². The fourth-order valence-electron chi connectivity index (χ4n) is 1.79. The molecule has 0 aliphatic carbocycles. The fourth-order valence-corrected chi connectivity index (χ4v) is 2.14. The molecule has 0 fully saturated rings. The van der Waals surface area contributed by atoms with Crippen molar-refractivity contribution in [3.63, 3.8) is 0 Å². The monoisotopic (exact) mass is 324 g/mol. The Labute approximate surface area is 125 Å². The van der Waals surface area contributed by atoms with Gasteiger partial charge in [0.1, 0.15) is 5.02 Å². The second-order valence-electron chi connectivity index (χ2n) is 5.02. The van der Waals surface area contributed by atoms with Gasteiger partial charge in [-0.15, -0.1) is 0 Å². The van der Waals surface area contributed by atoms with Crippen molar-refractivity contribution in [2.45, 2.75) is 33.4 Å². The highest BCUT2D eigenvalue weighted by atomic mass is 35.5. The van der Waals surface area contributed by atoms with Gasteiger partial charge < -0.3 is 0 Å². The van der Waals surface area contributed by atoms with Gasteiger partial charge in [0.2, 0.25) is 0 Å². The number of halogens is 4. The average molecular weight is 325 g/mol. The number of hydrogen-bond acceptors (Lipinski definition) is 3. The smallest absolute Gasteiger partial charge is 0.265 e. The lowest BCUT2D eigenvalue weighted by Gasteiger charge is -2.06. The van der Waals surface area contributed by atoms with Crippen molar-refractivity contribution in [1.29, 1.82) is 0 Å². The molecule has 1 heterocycles. The Morgan fingerprint density at radius 3 is 2.48 bits per heavy atom. The molecule has 0 saturated carbocycles. The van der Waals surface area contributed by atoms with Crippen molar-refractivity contribution in [1.82, 2.24) is 15.2 Å². The van der Waals surface area contributed by atoms with E-state index in [1.807, 2.05) is 13.8 Å². The zero-order valence-corrected chi connectivity index (χ0v) is 12.8. The van der Waals surface area contributed by atoms with Crippen LogP contribution in [0, 0.1) is 5.92 Å². The number of alkyl halides is 3. The van der Waals surface area contributed by atoms with Crippen LogP contribution < -0.4 is 5.43 Å². The Balaban J connectivity index is 2.95. The molecular weight excluding hydrogens is 309 g/mol. The lowest BCUT2D eigenvalue weighted by Crippen LogP contribution is -2.20. The summed E-state index contributed by atoms with van der Waals surface area (Å²) in [5.41, 5.74) is 1.14. The molecule has 0 atom stereocenters. The van der Waals surface area contributed by atoms with E-state index in [4.69, 9.17) is 11.6 Å². The van der Waals surface area contributed by atoms with Crippen molar-refractivity contribution in [2.75, 3.05) is 0 Å². The summed E-state index contributed by atoms with van der Waals surface area (Å²) in [6.45, 7) is 5.67. The van der Waals surface area contributed by atoms with Crippen LogP contribution in [-0.4, -0.2) is 21.4 Å². The number of aromatic nitrogens is 2. The van der Waals surface area contributed by atoms with Crippen LogP contribution in [0.25, 0.3) is 0 Å². The molecule has 0 bridgehead atoms. The lowest BCUT2D eigenvalue weighted by molar-refractivity contribution is -0.143. The van der Waals surface area contributed by atoms with E-state index in [2.05, 4.69) is 15.6 Å². The quantitative estimate of drug-likeness (QED) is 0.682. The first-order chi connectivity index (χ1) is 9.54. The SMILES string of the molecule is C/C(CC(C)C)=N/NC(=O)c1nn(C)c(C(F)(F)F)c1Cl. The van der Waals surface area contributed by atoms with Gasteiger partial charge in [0.15, 0.2) is 11.4 Å². The maximum atomic E-state index is 12.7. The fraction of sp³-hybridized carbons (Fsp3) is 0.583. The van der Waals surface area contributed by atoms with Gasteiger partial charge in [0, 0.05) is 12.8 Å². The summed E-state index contributed by atoms with van der Waals surface area (Å²) in [4.78, 5) is 11.8. The van der Waals surface area contributed by atoms with Crippen LogP contribution in [-0.2, 0) is 13.2 Å². The maximum absolute atomic E-state index is 12.7. The molecule has 0 unspecified atom stereocenters. The number of amides is 1. The van der Waals surface area contributed by atoms with E-state index in [1.165, 1.54) is 0 Å². The van der Waals surface area contributed by atoms with Crippen LogP contribution in [0.1, 0.15) is 43.4 Å². The van der Waals surface area contributed by atoms with E-state index in [0.29, 0.717) is 22.7 Å². The molecule has 118 valence electrons. The maximum Gasteiger partial charge on any atom is 0.434 e. The number of nitrogens with zero attached hydrogens (tertiary/aromatic N) is 3. The molecule has 21 heavy (non-hydrogen) atoms. The Morgan fingerprint density at radius 1 is 1.48 bits per heavy atom. The summed E-state index contributed by atoms with van der Waals surface area (Å²) < 4.78 is 38.7. The van der Waals surface area contributed by atoms with Crippen LogP contribution in [0.5, 0.6) is 0 Å². The van der Waals surface area contributed by atoms with Crippen LogP contribution in [0.4, 0.5) is 13.2 Å². The highest BCUT2D eigenvalue weighted by Crippen LogP contribution is 2.35. The normalized spacial score (nSPS) is 12.9. The van der Waals surface area contributed by atoms with Crippen molar-refractivity contribution >= 4 is 23.2 Å². The number of rotatable bonds is 4. The second kappa shape index (κ2) is 6.46. The highest BCUT2D eigenvalue weighted by molar-refractivity contribution is 6.34. The number of nitrogens with one attached hydrogen (secondary N) is 1. The molecule has 0 spiro atoms. The Hall–Kier alpha value is -1.57. The molecule has 9 heteroatoms. The van der Waals surface area contributed by atoms with Crippen LogP contribution >= 0.6 is 11.6 Å². The first-order valence-electron chi connectivity index (χ1n) is 6.17. The molecule has 0 radical (unpaired) electrons. The molecule has 5 nitrogen and oxygen atoms in total. The largest absolute Gasteiger partial charge is 0.434 e. The summed E-state index contributed by atoms with van der Waals surface area (Å²) in [7, 11) is 1.07. The van der Waals surface area contributed by atoms with E-state index in [-0.39, 0.29) is 0 Å². The number of carbonyl (C=O) groups excluding carboxylic acids is 1. The molecule has 0 aromatic carbocycles. The third-order valence-electron chi connectivity index (χ3n) is 2.52. The minimum Gasteiger partial charge on any atom is -0.265 e. The minimum absolute atomic E-state index is 0.348. The zero-order valence-electron chi connectivity index (χ0n) is 12.0. The Kier molecular flexibility index (Phi) is 5.38. The lowest BCUT2D eigenvalue weighted by atomic mass is 10.1. The number of aryl methyl sites for hydroxylation is 1. The van der Waals surface area contributed by atoms with E-state index < -0.39 is 28.5 Å². The molecule has 0 saturated heterocycles. The van der Waals surface area contributed by atoms with Gasteiger partial charge in [0.05, 0.1) is 0 Å². The topological polar surface area (TPSA) is 59.3 Å². The van der Waals surface area contributed by atoms with Gasteiger partial charge in [-0.2, -0.15) is 23.4 Å². The number of hydrogen-bond donors (Lipinski definition) is 1. The molecule has 0 aliphatic heterocycles. The minimum atomic E-state index is -4.69. The molecule has 1 N–H and O–H groups in total.